The summed E-state index contributed by atoms with van der Waals surface area (Å²) in [6, 6.07) is 9.14. The Morgan fingerprint density at radius 3 is 2.41 bits per heavy atom. The van der Waals surface area contributed by atoms with Crippen LogP contribution in [0.1, 0.15) is 17.2 Å². The molecule has 1 heterocycles. The highest BCUT2D eigenvalue weighted by molar-refractivity contribution is 6.32. The van der Waals surface area contributed by atoms with Crippen molar-refractivity contribution in [1.82, 2.24) is 0 Å². The number of rotatable bonds is 1. The van der Waals surface area contributed by atoms with Crippen molar-refractivity contribution in [2.24, 2.45) is 0 Å². The van der Waals surface area contributed by atoms with Gasteiger partial charge in [-0.1, -0.05) is 29.8 Å². The average molecular weight is 328 g/mol. The van der Waals surface area contributed by atoms with Gasteiger partial charge in [0.15, 0.2) is 5.75 Å². The number of para-hydroxylation sites is 1. The Kier molecular flexibility index (Phi) is 3.48. The van der Waals surface area contributed by atoms with Gasteiger partial charge in [0, 0.05) is 5.56 Å². The molecule has 3 rings (SSSR count). The molecular weight excluding hydrogens is 319 g/mol. The van der Waals surface area contributed by atoms with E-state index in [9.17, 15) is 18.0 Å². The van der Waals surface area contributed by atoms with Gasteiger partial charge in [-0.2, -0.15) is 13.2 Å². The van der Waals surface area contributed by atoms with E-state index >= 15 is 0 Å². The topological polar surface area (TPSA) is 38.3 Å². The van der Waals surface area contributed by atoms with Gasteiger partial charge in [0.1, 0.15) is 0 Å². The van der Waals surface area contributed by atoms with Crippen LogP contribution in [0.15, 0.2) is 42.5 Å². The molecule has 0 radical (unpaired) electrons. The second kappa shape index (κ2) is 5.21. The van der Waals surface area contributed by atoms with Crippen LogP contribution in [-0.4, -0.2) is 5.91 Å². The van der Waals surface area contributed by atoms with E-state index in [1.807, 2.05) is 0 Å². The Morgan fingerprint density at radius 1 is 1.09 bits per heavy atom. The zero-order valence-electron chi connectivity index (χ0n) is 10.9. The first-order chi connectivity index (χ1) is 10.4. The number of carbonyl (C=O) groups is 1. The molecule has 22 heavy (non-hydrogen) atoms. The number of fused-ring (bicyclic) bond motifs is 1. The highest BCUT2D eigenvalue weighted by Gasteiger charge is 2.33. The molecule has 7 heteroatoms. The summed E-state index contributed by atoms with van der Waals surface area (Å²) in [7, 11) is 0. The van der Waals surface area contributed by atoms with Crippen LogP contribution in [0, 0.1) is 0 Å². The van der Waals surface area contributed by atoms with E-state index in [4.69, 9.17) is 16.3 Å². The number of anilines is 1. The molecule has 0 saturated carbocycles. The smallest absolute Gasteiger partial charge is 0.416 e. The molecule has 0 fully saturated rings. The van der Waals surface area contributed by atoms with Gasteiger partial charge in [0.2, 0.25) is 6.10 Å². The SMILES string of the molecule is O=C1Nc2cccc(Cl)c2OC1c1ccc(C(F)(F)F)cc1. The van der Waals surface area contributed by atoms with Gasteiger partial charge in [0.25, 0.3) is 5.91 Å². The summed E-state index contributed by atoms with van der Waals surface area (Å²) in [5.74, 6) is -0.164. The second-order valence-electron chi connectivity index (χ2n) is 4.72. The Bertz CT molecular complexity index is 729. The first kappa shape index (κ1) is 14.7. The molecule has 1 amide bonds. The maximum absolute atomic E-state index is 12.6. The third-order valence-electron chi connectivity index (χ3n) is 3.24. The molecule has 1 aliphatic rings. The van der Waals surface area contributed by atoms with Gasteiger partial charge in [-0.25, -0.2) is 0 Å². The van der Waals surface area contributed by atoms with Gasteiger partial charge >= 0.3 is 6.18 Å². The number of carbonyl (C=O) groups excluding carboxylic acids is 1. The fourth-order valence-corrected chi connectivity index (χ4v) is 2.38. The summed E-state index contributed by atoms with van der Waals surface area (Å²) in [6.45, 7) is 0. The highest BCUT2D eigenvalue weighted by Crippen LogP contribution is 2.40. The minimum atomic E-state index is -4.43. The van der Waals surface area contributed by atoms with Crippen molar-refractivity contribution >= 4 is 23.2 Å². The molecule has 0 saturated heterocycles. The standard InChI is InChI=1S/C15H9ClF3NO2/c16-10-2-1-3-11-13(10)22-12(14(21)20-11)8-4-6-9(7-5-8)15(17,18)19/h1-7,12H,(H,20,21). The lowest BCUT2D eigenvalue weighted by atomic mass is 10.0. The van der Waals surface area contributed by atoms with Crippen molar-refractivity contribution in [3.8, 4) is 5.75 Å². The van der Waals surface area contributed by atoms with Crippen molar-refractivity contribution in [2.75, 3.05) is 5.32 Å². The van der Waals surface area contributed by atoms with Crippen molar-refractivity contribution < 1.29 is 22.7 Å². The van der Waals surface area contributed by atoms with Gasteiger partial charge < -0.3 is 10.1 Å². The van der Waals surface area contributed by atoms with Gasteiger partial charge in [-0.15, -0.1) is 0 Å². The summed E-state index contributed by atoms with van der Waals surface area (Å²) in [5.41, 5.74) is -0.0392. The molecule has 0 aliphatic carbocycles. The summed E-state index contributed by atoms with van der Waals surface area (Å²) < 4.78 is 43.2. The van der Waals surface area contributed by atoms with E-state index in [1.54, 1.807) is 18.2 Å². The van der Waals surface area contributed by atoms with E-state index in [1.165, 1.54) is 12.1 Å². The Balaban J connectivity index is 1.93. The number of hydrogen-bond acceptors (Lipinski definition) is 2. The van der Waals surface area contributed by atoms with Crippen LogP contribution in [0.2, 0.25) is 5.02 Å². The zero-order valence-corrected chi connectivity index (χ0v) is 11.7. The molecular formula is C15H9ClF3NO2. The molecule has 3 nitrogen and oxygen atoms in total. The van der Waals surface area contributed by atoms with E-state index in [-0.39, 0.29) is 0 Å². The third-order valence-corrected chi connectivity index (χ3v) is 3.54. The number of amides is 1. The number of nitrogens with one attached hydrogen (secondary N) is 1. The largest absolute Gasteiger partial charge is 0.472 e. The van der Waals surface area contributed by atoms with E-state index in [2.05, 4.69) is 5.32 Å². The van der Waals surface area contributed by atoms with E-state index in [0.29, 0.717) is 22.0 Å². The summed E-state index contributed by atoms with van der Waals surface area (Å²) in [5, 5.41) is 2.94. The summed E-state index contributed by atoms with van der Waals surface area (Å²) in [4.78, 5) is 12.0. The lowest BCUT2D eigenvalue weighted by molar-refractivity contribution is -0.137. The Labute approximate surface area is 128 Å². The molecule has 0 bridgehead atoms. The predicted octanol–water partition coefficient (Wildman–Crippen LogP) is 4.43. The molecule has 1 aliphatic heterocycles. The number of alkyl halides is 3. The van der Waals surface area contributed by atoms with Gasteiger partial charge in [0.05, 0.1) is 16.3 Å². The number of halogens is 4. The molecule has 0 aromatic heterocycles. The van der Waals surface area contributed by atoms with Crippen LogP contribution >= 0.6 is 11.6 Å². The molecule has 2 aromatic rings. The monoisotopic (exact) mass is 327 g/mol. The third kappa shape index (κ3) is 2.62. The zero-order chi connectivity index (χ0) is 15.9. The quantitative estimate of drug-likeness (QED) is 0.841. The van der Waals surface area contributed by atoms with Crippen molar-refractivity contribution in [3.63, 3.8) is 0 Å². The van der Waals surface area contributed by atoms with Crippen LogP contribution in [0.4, 0.5) is 18.9 Å². The van der Waals surface area contributed by atoms with Crippen molar-refractivity contribution in [1.29, 1.82) is 0 Å². The number of ether oxygens (including phenoxy) is 1. The Morgan fingerprint density at radius 2 is 1.77 bits per heavy atom. The summed E-state index contributed by atoms with van der Waals surface area (Å²) in [6.07, 6.45) is -5.47. The lowest BCUT2D eigenvalue weighted by Gasteiger charge is -2.26. The highest BCUT2D eigenvalue weighted by atomic mass is 35.5. The number of benzene rings is 2. The minimum absolute atomic E-state index is 0.300. The van der Waals surface area contributed by atoms with Crippen LogP contribution in [0.25, 0.3) is 0 Å². The lowest BCUT2D eigenvalue weighted by Crippen LogP contribution is -2.30. The normalized spacial score (nSPS) is 17.5. The summed E-state index contributed by atoms with van der Waals surface area (Å²) >= 11 is 6.00. The van der Waals surface area contributed by atoms with Crippen molar-refractivity contribution in [2.45, 2.75) is 12.3 Å². The first-order valence-electron chi connectivity index (χ1n) is 6.29. The Hall–Kier alpha value is -2.21. The molecule has 1 atom stereocenters. The molecule has 114 valence electrons. The van der Waals surface area contributed by atoms with Crippen LogP contribution in [0.3, 0.4) is 0 Å². The molecule has 2 aromatic carbocycles. The fourth-order valence-electron chi connectivity index (χ4n) is 2.16. The maximum Gasteiger partial charge on any atom is 0.416 e. The first-order valence-corrected chi connectivity index (χ1v) is 6.67. The van der Waals surface area contributed by atoms with Crippen LogP contribution < -0.4 is 10.1 Å². The minimum Gasteiger partial charge on any atom is -0.472 e. The molecule has 1 unspecified atom stereocenters. The maximum atomic E-state index is 12.6. The van der Waals surface area contributed by atoms with Crippen LogP contribution in [-0.2, 0) is 11.0 Å². The predicted molar refractivity (Wildman–Crippen MR) is 74.9 cm³/mol. The molecule has 0 spiro atoms. The van der Waals surface area contributed by atoms with E-state index in [0.717, 1.165) is 12.1 Å². The fraction of sp³-hybridized carbons (Fsp3) is 0.133. The van der Waals surface area contributed by atoms with Gasteiger partial charge in [-0.3, -0.25) is 4.79 Å². The van der Waals surface area contributed by atoms with E-state index < -0.39 is 23.8 Å². The second-order valence-corrected chi connectivity index (χ2v) is 5.13. The van der Waals surface area contributed by atoms with Crippen LogP contribution in [0.5, 0.6) is 5.75 Å². The van der Waals surface area contributed by atoms with Crippen molar-refractivity contribution in [3.05, 3.63) is 58.6 Å². The average Bonchev–Trinajstić information content (AvgIpc) is 2.46. The van der Waals surface area contributed by atoms with Gasteiger partial charge in [-0.05, 0) is 24.3 Å². The molecule has 1 N–H and O–H groups in total. The number of hydrogen-bond donors (Lipinski definition) is 1.